The summed E-state index contributed by atoms with van der Waals surface area (Å²) in [7, 11) is 0. The van der Waals surface area contributed by atoms with Crippen molar-refractivity contribution in [3.63, 3.8) is 0 Å². The summed E-state index contributed by atoms with van der Waals surface area (Å²) in [5.74, 6) is -0.227. The fraction of sp³-hybridized carbons (Fsp3) is 0.522. The van der Waals surface area contributed by atoms with Crippen molar-refractivity contribution in [1.82, 2.24) is 0 Å². The maximum absolute atomic E-state index is 12.2. The number of fused-ring (bicyclic) bond motifs is 1. The Morgan fingerprint density at radius 3 is 2.66 bits per heavy atom. The van der Waals surface area contributed by atoms with Crippen molar-refractivity contribution in [3.8, 4) is 5.75 Å². The second-order valence-corrected chi connectivity index (χ2v) is 8.26. The van der Waals surface area contributed by atoms with Crippen LogP contribution in [0.2, 0.25) is 0 Å². The van der Waals surface area contributed by atoms with Crippen LogP contribution in [0.4, 0.5) is 0 Å². The van der Waals surface area contributed by atoms with Gasteiger partial charge in [0.2, 0.25) is 6.29 Å². The fourth-order valence-electron chi connectivity index (χ4n) is 4.42. The number of hydrogen-bond acceptors (Lipinski definition) is 9. The van der Waals surface area contributed by atoms with Crippen molar-refractivity contribution in [2.45, 2.75) is 56.3 Å². The number of carbonyl (C=O) groups excluding carboxylic acids is 1. The third-order valence-electron chi connectivity index (χ3n) is 6.16. The molecule has 0 bridgehead atoms. The van der Waals surface area contributed by atoms with Gasteiger partial charge in [0.25, 0.3) is 0 Å². The van der Waals surface area contributed by atoms with Crippen LogP contribution in [-0.2, 0) is 23.7 Å². The Hall–Kier alpha value is -2.43. The van der Waals surface area contributed by atoms with Gasteiger partial charge in [0.1, 0.15) is 24.1 Å². The summed E-state index contributed by atoms with van der Waals surface area (Å²) >= 11 is 0. The lowest BCUT2D eigenvalue weighted by atomic mass is 9.94. The highest BCUT2D eigenvalue weighted by atomic mass is 16.8. The summed E-state index contributed by atoms with van der Waals surface area (Å²) in [4.78, 5) is 12.2. The fourth-order valence-corrected chi connectivity index (χ4v) is 4.42. The molecule has 4 rings (SSSR count). The largest absolute Gasteiger partial charge is 0.508 e. The van der Waals surface area contributed by atoms with Crippen LogP contribution in [0.3, 0.4) is 0 Å². The first-order valence-electron chi connectivity index (χ1n) is 10.7. The van der Waals surface area contributed by atoms with Crippen molar-refractivity contribution in [1.29, 1.82) is 0 Å². The minimum atomic E-state index is -1.53. The van der Waals surface area contributed by atoms with Crippen LogP contribution >= 0.6 is 0 Å². The summed E-state index contributed by atoms with van der Waals surface area (Å²) < 4.78 is 22.3. The number of aliphatic hydroxyl groups is 3. The summed E-state index contributed by atoms with van der Waals surface area (Å²) in [6.07, 6.45) is 1.90. The normalized spacial score (nSPS) is 36.6. The number of rotatable bonds is 6. The summed E-state index contributed by atoms with van der Waals surface area (Å²) in [6, 6.07) is 6.16. The minimum absolute atomic E-state index is 0.0989. The zero-order valence-electron chi connectivity index (χ0n) is 17.4. The van der Waals surface area contributed by atoms with E-state index < -0.39 is 49.6 Å². The first kappa shape index (κ1) is 22.8. The maximum Gasteiger partial charge on any atom is 0.331 e. The van der Waals surface area contributed by atoms with E-state index in [4.69, 9.17) is 18.9 Å². The zero-order chi connectivity index (χ0) is 22.7. The second kappa shape index (κ2) is 10.0. The molecule has 32 heavy (non-hydrogen) atoms. The van der Waals surface area contributed by atoms with Crippen LogP contribution in [0.25, 0.3) is 6.08 Å². The van der Waals surface area contributed by atoms with Crippen LogP contribution in [0.1, 0.15) is 24.8 Å². The van der Waals surface area contributed by atoms with Crippen molar-refractivity contribution >= 4 is 12.0 Å². The van der Waals surface area contributed by atoms with Gasteiger partial charge in [-0.15, -0.1) is 0 Å². The predicted octanol–water partition coefficient (Wildman–Crippen LogP) is 1.06. The number of carbonyl (C=O) groups is 1. The molecule has 0 aromatic heterocycles. The molecule has 1 aromatic rings. The highest BCUT2D eigenvalue weighted by Crippen LogP contribution is 2.40. The van der Waals surface area contributed by atoms with E-state index in [1.54, 1.807) is 18.4 Å². The maximum atomic E-state index is 12.2. The van der Waals surface area contributed by atoms with Gasteiger partial charge in [-0.25, -0.2) is 4.79 Å². The molecule has 1 saturated carbocycles. The number of phenolic OH excluding ortho intramolecular Hbond substituents is 1. The summed E-state index contributed by atoms with van der Waals surface area (Å²) in [5, 5.41) is 40.2. The highest BCUT2D eigenvalue weighted by Gasteiger charge is 2.49. The number of ether oxygens (including phenoxy) is 4. The molecule has 2 heterocycles. The molecule has 1 saturated heterocycles. The molecule has 1 aliphatic carbocycles. The minimum Gasteiger partial charge on any atom is -0.508 e. The number of phenols is 1. The number of aromatic hydroxyl groups is 1. The first-order valence-corrected chi connectivity index (χ1v) is 10.7. The van der Waals surface area contributed by atoms with Gasteiger partial charge in [0, 0.05) is 12.0 Å². The van der Waals surface area contributed by atoms with Crippen molar-refractivity contribution in [2.24, 2.45) is 11.8 Å². The van der Waals surface area contributed by atoms with Gasteiger partial charge < -0.3 is 39.4 Å². The Morgan fingerprint density at radius 2 is 1.91 bits per heavy atom. The topological polar surface area (TPSA) is 135 Å². The van der Waals surface area contributed by atoms with E-state index in [-0.39, 0.29) is 11.7 Å². The molecule has 0 amide bonds. The lowest BCUT2D eigenvalue weighted by Gasteiger charge is -2.43. The first-order chi connectivity index (χ1) is 15.5. The van der Waals surface area contributed by atoms with E-state index in [0.29, 0.717) is 11.5 Å². The van der Waals surface area contributed by atoms with Gasteiger partial charge in [0.05, 0.1) is 12.9 Å². The third kappa shape index (κ3) is 4.97. The van der Waals surface area contributed by atoms with Crippen molar-refractivity contribution in [3.05, 3.63) is 48.2 Å². The molecular formula is C23H28O9. The van der Waals surface area contributed by atoms with Crippen LogP contribution < -0.4 is 0 Å². The number of esters is 1. The lowest BCUT2D eigenvalue weighted by Crippen LogP contribution is -2.61. The Morgan fingerprint density at radius 1 is 1.12 bits per heavy atom. The average Bonchev–Trinajstić information content (AvgIpc) is 3.28. The Kier molecular flexibility index (Phi) is 7.12. The van der Waals surface area contributed by atoms with Crippen LogP contribution in [0.5, 0.6) is 5.75 Å². The van der Waals surface area contributed by atoms with Crippen molar-refractivity contribution < 1.29 is 44.2 Å². The average molecular weight is 448 g/mol. The molecule has 0 spiro atoms. The molecule has 2 fully saturated rings. The molecule has 0 unspecified atom stereocenters. The summed E-state index contributed by atoms with van der Waals surface area (Å²) in [6.45, 7) is -0.555. The SMILES string of the molecule is O=C(/C=C/c1ccc(O)cc1)O[C@H]1[C@@H](O)[C@H](O)[C@H](O[C@@H]2OC=C[C@@H]3CCC[C@@H]23)O[C@@H]1CO. The van der Waals surface area contributed by atoms with Gasteiger partial charge in [0.15, 0.2) is 12.4 Å². The van der Waals surface area contributed by atoms with Gasteiger partial charge in [-0.1, -0.05) is 18.6 Å². The molecule has 9 nitrogen and oxygen atoms in total. The monoisotopic (exact) mass is 448 g/mol. The van der Waals surface area contributed by atoms with Gasteiger partial charge in [-0.2, -0.15) is 0 Å². The Bertz CT molecular complexity index is 834. The van der Waals surface area contributed by atoms with Crippen LogP contribution in [0, 0.1) is 11.8 Å². The predicted molar refractivity (Wildman–Crippen MR) is 111 cm³/mol. The smallest absolute Gasteiger partial charge is 0.331 e. The molecule has 4 N–H and O–H groups in total. The van der Waals surface area contributed by atoms with E-state index in [1.807, 2.05) is 6.08 Å². The van der Waals surface area contributed by atoms with Crippen LogP contribution in [-0.4, -0.2) is 70.0 Å². The Labute approximate surface area is 185 Å². The van der Waals surface area contributed by atoms with E-state index >= 15 is 0 Å². The van der Waals surface area contributed by atoms with E-state index in [1.165, 1.54) is 18.2 Å². The van der Waals surface area contributed by atoms with E-state index in [2.05, 4.69) is 0 Å². The van der Waals surface area contributed by atoms with Gasteiger partial charge in [-0.05, 0) is 48.6 Å². The Balaban J connectivity index is 1.38. The molecule has 9 heteroatoms. The molecule has 1 aromatic carbocycles. The number of allylic oxidation sites excluding steroid dienone is 1. The molecular weight excluding hydrogens is 420 g/mol. The molecule has 0 radical (unpaired) electrons. The molecule has 8 atom stereocenters. The number of benzene rings is 1. The quantitative estimate of drug-likeness (QED) is 0.372. The highest BCUT2D eigenvalue weighted by molar-refractivity contribution is 5.87. The summed E-state index contributed by atoms with van der Waals surface area (Å²) in [5.41, 5.74) is 0.652. The molecule has 2 aliphatic heterocycles. The van der Waals surface area contributed by atoms with E-state index in [0.717, 1.165) is 25.3 Å². The molecule has 3 aliphatic rings. The number of aliphatic hydroxyl groups excluding tert-OH is 3. The van der Waals surface area contributed by atoms with Gasteiger partial charge >= 0.3 is 5.97 Å². The number of hydrogen-bond donors (Lipinski definition) is 4. The van der Waals surface area contributed by atoms with Crippen LogP contribution in [0.15, 0.2) is 42.7 Å². The van der Waals surface area contributed by atoms with E-state index in [9.17, 15) is 25.2 Å². The van der Waals surface area contributed by atoms with Crippen molar-refractivity contribution in [2.75, 3.05) is 6.61 Å². The standard InChI is InChI=1S/C23H28O9/c24-12-17-21(31-18(26)9-6-13-4-7-15(25)8-5-13)19(27)20(28)23(30-17)32-22-16-3-1-2-14(16)10-11-29-22/h4-11,14,16-17,19-25,27-28H,1-3,12H2/b9-6+/t14-,16+,17+,19-,20-,21+,22-,23-/m0/s1. The third-order valence-corrected chi connectivity index (χ3v) is 6.16. The van der Waals surface area contributed by atoms with Gasteiger partial charge in [-0.3, -0.25) is 0 Å². The lowest BCUT2D eigenvalue weighted by molar-refractivity contribution is -0.341. The molecule has 174 valence electrons. The second-order valence-electron chi connectivity index (χ2n) is 8.26. The zero-order valence-corrected chi connectivity index (χ0v) is 17.4.